The second-order valence-electron chi connectivity index (χ2n) is 3.51. The minimum Gasteiger partial charge on any atom is -0.480 e. The normalized spacial score (nSPS) is 11.9. The van der Waals surface area contributed by atoms with Gasteiger partial charge in [0.1, 0.15) is 6.04 Å². The molecule has 6 nitrogen and oxygen atoms in total. The molecule has 1 aromatic heterocycles. The number of hydrogen-bond acceptors (Lipinski definition) is 4. The van der Waals surface area contributed by atoms with E-state index in [1.807, 2.05) is 0 Å². The third-order valence-electron chi connectivity index (χ3n) is 2.30. The van der Waals surface area contributed by atoms with Crippen molar-refractivity contribution in [2.75, 3.05) is 0 Å². The fourth-order valence-corrected chi connectivity index (χ4v) is 1.31. The van der Waals surface area contributed by atoms with Gasteiger partial charge < -0.3 is 16.2 Å². The molecule has 4 N–H and O–H groups in total. The van der Waals surface area contributed by atoms with Crippen LogP contribution in [0.5, 0.6) is 0 Å². The van der Waals surface area contributed by atoms with Crippen LogP contribution in [0.15, 0.2) is 18.3 Å². The number of nitrogens with one attached hydrogen (secondary N) is 1. The summed E-state index contributed by atoms with van der Waals surface area (Å²) in [4.78, 5) is 26.5. The number of carbonyl (C=O) groups is 2. The lowest BCUT2D eigenvalue weighted by atomic mass is 10.1. The number of aromatic nitrogens is 1. The van der Waals surface area contributed by atoms with E-state index in [-0.39, 0.29) is 6.54 Å². The van der Waals surface area contributed by atoms with Crippen molar-refractivity contribution in [1.29, 1.82) is 0 Å². The van der Waals surface area contributed by atoms with Crippen molar-refractivity contribution in [3.63, 3.8) is 0 Å². The van der Waals surface area contributed by atoms with Crippen LogP contribution in [0, 0.1) is 0 Å². The number of aliphatic carboxylic acids is 1. The minimum atomic E-state index is -1.05. The molecule has 0 aliphatic carbocycles. The van der Waals surface area contributed by atoms with E-state index in [0.717, 1.165) is 0 Å². The smallest absolute Gasteiger partial charge is 0.326 e. The molecule has 0 aromatic carbocycles. The van der Waals surface area contributed by atoms with Crippen molar-refractivity contribution in [2.24, 2.45) is 5.73 Å². The maximum absolute atomic E-state index is 11.7. The lowest BCUT2D eigenvalue weighted by Crippen LogP contribution is -2.40. The van der Waals surface area contributed by atoms with Crippen LogP contribution >= 0.6 is 0 Å². The SMILES string of the molecule is CC[C@H](NC(=O)c1ccnc(CN)c1)C(=O)O. The van der Waals surface area contributed by atoms with Crippen LogP contribution in [-0.2, 0) is 11.3 Å². The van der Waals surface area contributed by atoms with E-state index < -0.39 is 17.9 Å². The quantitative estimate of drug-likeness (QED) is 0.675. The number of pyridine rings is 1. The maximum atomic E-state index is 11.7. The van der Waals surface area contributed by atoms with Crippen LogP contribution < -0.4 is 11.1 Å². The largest absolute Gasteiger partial charge is 0.480 e. The van der Waals surface area contributed by atoms with Crippen LogP contribution in [0.1, 0.15) is 29.4 Å². The molecular weight excluding hydrogens is 222 g/mol. The van der Waals surface area contributed by atoms with Crippen molar-refractivity contribution in [3.8, 4) is 0 Å². The number of carbonyl (C=O) groups excluding carboxylic acids is 1. The van der Waals surface area contributed by atoms with Gasteiger partial charge in [-0.05, 0) is 18.6 Å². The number of nitrogens with zero attached hydrogens (tertiary/aromatic N) is 1. The van der Waals surface area contributed by atoms with Crippen molar-refractivity contribution in [1.82, 2.24) is 10.3 Å². The summed E-state index contributed by atoms with van der Waals surface area (Å²) in [5.41, 5.74) is 6.35. The first-order valence-electron chi connectivity index (χ1n) is 5.27. The van der Waals surface area contributed by atoms with Gasteiger partial charge >= 0.3 is 5.97 Å². The number of carboxylic acids is 1. The minimum absolute atomic E-state index is 0.233. The molecule has 1 heterocycles. The molecule has 6 heteroatoms. The number of nitrogens with two attached hydrogens (primary N) is 1. The van der Waals surface area contributed by atoms with E-state index in [1.54, 1.807) is 13.0 Å². The van der Waals surface area contributed by atoms with Crippen molar-refractivity contribution in [2.45, 2.75) is 25.9 Å². The average molecular weight is 237 g/mol. The zero-order valence-corrected chi connectivity index (χ0v) is 9.51. The van der Waals surface area contributed by atoms with Gasteiger partial charge in [-0.3, -0.25) is 9.78 Å². The number of carboxylic acid groups (broad SMARTS) is 1. The maximum Gasteiger partial charge on any atom is 0.326 e. The average Bonchev–Trinajstić information content (AvgIpc) is 2.35. The Kier molecular flexibility index (Phi) is 4.59. The number of rotatable bonds is 5. The standard InChI is InChI=1S/C11H15N3O3/c1-2-9(11(16)17)14-10(15)7-3-4-13-8(5-7)6-12/h3-5,9H,2,6,12H2,1H3,(H,14,15)(H,16,17)/t9-/m0/s1. The van der Waals surface area contributed by atoms with Crippen molar-refractivity contribution < 1.29 is 14.7 Å². The Morgan fingerprint density at radius 2 is 2.29 bits per heavy atom. The molecule has 1 aromatic rings. The highest BCUT2D eigenvalue weighted by atomic mass is 16.4. The van der Waals surface area contributed by atoms with Crippen LogP contribution in [0.4, 0.5) is 0 Å². The lowest BCUT2D eigenvalue weighted by molar-refractivity contribution is -0.139. The zero-order chi connectivity index (χ0) is 12.8. The highest BCUT2D eigenvalue weighted by molar-refractivity contribution is 5.96. The van der Waals surface area contributed by atoms with Crippen molar-refractivity contribution in [3.05, 3.63) is 29.6 Å². The zero-order valence-electron chi connectivity index (χ0n) is 9.51. The fraction of sp³-hybridized carbons (Fsp3) is 0.364. The van der Waals surface area contributed by atoms with Crippen LogP contribution in [0.2, 0.25) is 0 Å². The first-order valence-corrected chi connectivity index (χ1v) is 5.27. The summed E-state index contributed by atoms with van der Waals surface area (Å²) in [6, 6.07) is 2.18. The van der Waals surface area contributed by atoms with Crippen LogP contribution in [-0.4, -0.2) is 28.0 Å². The predicted molar refractivity (Wildman–Crippen MR) is 61.3 cm³/mol. The van der Waals surface area contributed by atoms with Crippen LogP contribution in [0.25, 0.3) is 0 Å². The van der Waals surface area contributed by atoms with Gasteiger partial charge in [0.25, 0.3) is 5.91 Å². The third kappa shape index (κ3) is 3.53. The highest BCUT2D eigenvalue weighted by Crippen LogP contribution is 2.02. The summed E-state index contributed by atoms with van der Waals surface area (Å²) in [5, 5.41) is 11.2. The van der Waals surface area contributed by atoms with Gasteiger partial charge in [0.15, 0.2) is 0 Å². The van der Waals surface area contributed by atoms with Gasteiger partial charge in [-0.1, -0.05) is 6.92 Å². The Balaban J connectivity index is 2.78. The Morgan fingerprint density at radius 1 is 1.59 bits per heavy atom. The molecule has 0 radical (unpaired) electrons. The van der Waals surface area contributed by atoms with Gasteiger partial charge in [-0.2, -0.15) is 0 Å². The number of hydrogen-bond donors (Lipinski definition) is 3. The molecule has 0 fully saturated rings. The van der Waals surface area contributed by atoms with Crippen molar-refractivity contribution >= 4 is 11.9 Å². The fourth-order valence-electron chi connectivity index (χ4n) is 1.31. The van der Waals surface area contributed by atoms with E-state index in [4.69, 9.17) is 10.8 Å². The molecule has 0 saturated carbocycles. The third-order valence-corrected chi connectivity index (χ3v) is 2.30. The Hall–Kier alpha value is -1.95. The summed E-state index contributed by atoms with van der Waals surface area (Å²) in [7, 11) is 0. The predicted octanol–water partition coefficient (Wildman–Crippen LogP) is 0.133. The summed E-state index contributed by atoms with van der Waals surface area (Å²) in [6.45, 7) is 1.92. The summed E-state index contributed by atoms with van der Waals surface area (Å²) in [6.07, 6.45) is 1.80. The topological polar surface area (TPSA) is 105 Å². The molecule has 1 amide bonds. The highest BCUT2D eigenvalue weighted by Gasteiger charge is 2.18. The van der Waals surface area contributed by atoms with Gasteiger partial charge in [0, 0.05) is 18.3 Å². The molecule has 17 heavy (non-hydrogen) atoms. The first kappa shape index (κ1) is 13.1. The molecular formula is C11H15N3O3. The molecule has 0 unspecified atom stereocenters. The Bertz CT molecular complexity index is 420. The summed E-state index contributed by atoms with van der Waals surface area (Å²) in [5.74, 6) is -1.48. The van der Waals surface area contributed by atoms with E-state index in [0.29, 0.717) is 17.7 Å². The molecule has 0 spiro atoms. The van der Waals surface area contributed by atoms with Gasteiger partial charge in [-0.15, -0.1) is 0 Å². The molecule has 0 saturated heterocycles. The monoisotopic (exact) mass is 237 g/mol. The molecule has 0 bridgehead atoms. The van der Waals surface area contributed by atoms with E-state index in [9.17, 15) is 9.59 Å². The summed E-state index contributed by atoms with van der Waals surface area (Å²) < 4.78 is 0. The van der Waals surface area contributed by atoms with E-state index in [1.165, 1.54) is 12.3 Å². The summed E-state index contributed by atoms with van der Waals surface area (Å²) >= 11 is 0. The number of amides is 1. The molecule has 1 rings (SSSR count). The van der Waals surface area contributed by atoms with Gasteiger partial charge in [-0.25, -0.2) is 4.79 Å². The molecule has 1 atom stereocenters. The Morgan fingerprint density at radius 3 is 2.82 bits per heavy atom. The molecule has 92 valence electrons. The van der Waals surface area contributed by atoms with Crippen LogP contribution in [0.3, 0.4) is 0 Å². The second kappa shape index (κ2) is 5.95. The second-order valence-corrected chi connectivity index (χ2v) is 3.51. The lowest BCUT2D eigenvalue weighted by Gasteiger charge is -2.12. The van der Waals surface area contributed by atoms with Gasteiger partial charge in [0.05, 0.1) is 5.69 Å². The van der Waals surface area contributed by atoms with Gasteiger partial charge in [0.2, 0.25) is 0 Å². The van der Waals surface area contributed by atoms with E-state index >= 15 is 0 Å². The molecule has 0 aliphatic heterocycles. The first-order chi connectivity index (χ1) is 8.08. The Labute approximate surface area is 98.8 Å². The molecule has 0 aliphatic rings. The van der Waals surface area contributed by atoms with E-state index in [2.05, 4.69) is 10.3 Å².